The van der Waals surface area contributed by atoms with E-state index in [2.05, 4.69) is 5.32 Å². The summed E-state index contributed by atoms with van der Waals surface area (Å²) in [5.74, 6) is -0.325. The highest BCUT2D eigenvalue weighted by atomic mass is 35.5. The summed E-state index contributed by atoms with van der Waals surface area (Å²) in [7, 11) is 1.56. The average Bonchev–Trinajstić information content (AvgIpc) is 2.91. The van der Waals surface area contributed by atoms with Gasteiger partial charge in [-0.05, 0) is 24.3 Å². The van der Waals surface area contributed by atoms with E-state index in [1.165, 1.54) is 0 Å². The summed E-state index contributed by atoms with van der Waals surface area (Å²) in [5, 5.41) is 12.4. The Morgan fingerprint density at radius 2 is 2.29 bits per heavy atom. The molecule has 1 aromatic carbocycles. The zero-order valence-corrected chi connectivity index (χ0v) is 12.2. The van der Waals surface area contributed by atoms with E-state index < -0.39 is 0 Å². The van der Waals surface area contributed by atoms with Crippen molar-refractivity contribution >= 4 is 17.5 Å². The topological polar surface area (TPSA) is 67.0 Å². The molecule has 0 unspecified atom stereocenters. The van der Waals surface area contributed by atoms with Crippen LogP contribution in [0.4, 0.5) is 0 Å². The number of carbonyl (C=O) groups excluding carboxylic acids is 1. The molecule has 0 bridgehead atoms. The monoisotopic (exact) mass is 303 g/mol. The second kappa shape index (κ2) is 6.93. The number of hydrogen-bond donors (Lipinski definition) is 1. The number of carbonyl (C=O) groups is 1. The summed E-state index contributed by atoms with van der Waals surface area (Å²) < 4.78 is 6.54. The first-order chi connectivity index (χ1) is 10.2. The molecule has 0 aliphatic carbocycles. The Morgan fingerprint density at radius 1 is 1.48 bits per heavy atom. The van der Waals surface area contributed by atoms with Gasteiger partial charge >= 0.3 is 0 Å². The highest BCUT2D eigenvalue weighted by Crippen LogP contribution is 2.20. The van der Waals surface area contributed by atoms with Crippen LogP contribution in [-0.2, 0) is 4.74 Å². The molecule has 1 aromatic heterocycles. The highest BCUT2D eigenvalue weighted by Gasteiger charge is 2.17. The summed E-state index contributed by atoms with van der Waals surface area (Å²) in [6.07, 6.45) is 1.68. The third-order valence-electron chi connectivity index (χ3n) is 2.90. The summed E-state index contributed by atoms with van der Waals surface area (Å²) >= 11 is 5.97. The molecule has 108 valence electrons. The van der Waals surface area contributed by atoms with Crippen molar-refractivity contribution in [1.29, 1.82) is 5.26 Å². The molecule has 1 N–H and O–H groups in total. The van der Waals surface area contributed by atoms with Crippen molar-refractivity contribution in [1.82, 2.24) is 9.88 Å². The molecule has 21 heavy (non-hydrogen) atoms. The molecule has 1 amide bonds. The number of nitrogens with one attached hydrogen (secondary N) is 1. The molecule has 0 spiro atoms. The van der Waals surface area contributed by atoms with E-state index >= 15 is 0 Å². The number of hydrogen-bond acceptors (Lipinski definition) is 3. The van der Waals surface area contributed by atoms with E-state index in [9.17, 15) is 4.79 Å². The van der Waals surface area contributed by atoms with Gasteiger partial charge in [0.1, 0.15) is 11.8 Å². The molecule has 0 fully saturated rings. The van der Waals surface area contributed by atoms with Crippen LogP contribution < -0.4 is 5.32 Å². The van der Waals surface area contributed by atoms with E-state index in [1.807, 2.05) is 12.1 Å². The number of benzene rings is 1. The van der Waals surface area contributed by atoms with Crippen molar-refractivity contribution in [3.63, 3.8) is 0 Å². The molecular formula is C15H14ClN3O2. The summed E-state index contributed by atoms with van der Waals surface area (Å²) in [6.45, 7) is 0.784. The Hall–Kier alpha value is -2.29. The number of amides is 1. The second-order valence-corrected chi connectivity index (χ2v) is 4.72. The van der Waals surface area contributed by atoms with Crippen LogP contribution in [0, 0.1) is 11.3 Å². The molecule has 6 heteroatoms. The van der Waals surface area contributed by atoms with Gasteiger partial charge in [-0.15, -0.1) is 0 Å². The van der Waals surface area contributed by atoms with Crippen LogP contribution in [0.15, 0.2) is 36.5 Å². The van der Waals surface area contributed by atoms with Gasteiger partial charge in [0.05, 0.1) is 12.2 Å². The van der Waals surface area contributed by atoms with Gasteiger partial charge in [-0.3, -0.25) is 4.79 Å². The van der Waals surface area contributed by atoms with Crippen molar-refractivity contribution in [3.8, 4) is 11.8 Å². The molecule has 2 rings (SSSR count). The molecule has 0 radical (unpaired) electrons. The smallest absolute Gasteiger partial charge is 0.269 e. The predicted octanol–water partition coefficient (Wildman–Crippen LogP) is 2.38. The first-order valence-corrected chi connectivity index (χ1v) is 6.69. The molecule has 0 saturated carbocycles. The van der Waals surface area contributed by atoms with Crippen LogP contribution in [0.25, 0.3) is 5.69 Å². The van der Waals surface area contributed by atoms with E-state index in [0.29, 0.717) is 23.7 Å². The Kier molecular flexibility index (Phi) is 4.99. The van der Waals surface area contributed by atoms with Gasteiger partial charge in [-0.2, -0.15) is 5.26 Å². The lowest BCUT2D eigenvalue weighted by molar-refractivity contribution is 0.0930. The minimum atomic E-state index is -0.325. The van der Waals surface area contributed by atoms with Crippen LogP contribution >= 0.6 is 11.6 Å². The normalized spacial score (nSPS) is 10.1. The standard InChI is InChI=1S/C15H14ClN3O2/c1-21-8-6-18-15(20)14-11(10-17)5-7-19(14)13-4-2-3-12(16)9-13/h2-5,7,9H,6,8H2,1H3,(H,18,20). The minimum Gasteiger partial charge on any atom is -0.383 e. The van der Waals surface area contributed by atoms with Crippen molar-refractivity contribution in [3.05, 3.63) is 52.8 Å². The van der Waals surface area contributed by atoms with Crippen molar-refractivity contribution in [2.45, 2.75) is 0 Å². The molecule has 0 saturated heterocycles. The zero-order valence-electron chi connectivity index (χ0n) is 11.5. The Labute approximate surface area is 127 Å². The fourth-order valence-corrected chi connectivity index (χ4v) is 2.13. The summed E-state index contributed by atoms with van der Waals surface area (Å²) in [4.78, 5) is 12.3. The largest absolute Gasteiger partial charge is 0.383 e. The number of nitrogens with zero attached hydrogens (tertiary/aromatic N) is 2. The lowest BCUT2D eigenvalue weighted by atomic mass is 10.2. The maximum Gasteiger partial charge on any atom is 0.269 e. The number of methoxy groups -OCH3 is 1. The average molecular weight is 304 g/mol. The van der Waals surface area contributed by atoms with E-state index in [4.69, 9.17) is 21.6 Å². The Bertz CT molecular complexity index is 688. The molecule has 2 aromatic rings. The molecule has 0 aliphatic rings. The number of nitriles is 1. The first kappa shape index (κ1) is 15.1. The van der Waals surface area contributed by atoms with Gasteiger partial charge < -0.3 is 14.6 Å². The SMILES string of the molecule is COCCNC(=O)c1c(C#N)ccn1-c1cccc(Cl)c1. The number of ether oxygens (including phenoxy) is 1. The quantitative estimate of drug-likeness (QED) is 0.862. The Morgan fingerprint density at radius 3 is 2.95 bits per heavy atom. The van der Waals surface area contributed by atoms with Crippen LogP contribution in [0.2, 0.25) is 5.02 Å². The van der Waals surface area contributed by atoms with Gasteiger partial charge in [0.2, 0.25) is 0 Å². The van der Waals surface area contributed by atoms with Gasteiger partial charge in [0, 0.05) is 30.6 Å². The zero-order chi connectivity index (χ0) is 15.2. The highest BCUT2D eigenvalue weighted by molar-refractivity contribution is 6.30. The van der Waals surface area contributed by atoms with Gasteiger partial charge in [-0.1, -0.05) is 17.7 Å². The van der Waals surface area contributed by atoms with Gasteiger partial charge in [0.25, 0.3) is 5.91 Å². The van der Waals surface area contributed by atoms with E-state index in [1.54, 1.807) is 42.1 Å². The third kappa shape index (κ3) is 3.43. The lowest BCUT2D eigenvalue weighted by Crippen LogP contribution is -2.29. The number of rotatable bonds is 5. The van der Waals surface area contributed by atoms with Gasteiger partial charge in [-0.25, -0.2) is 0 Å². The lowest BCUT2D eigenvalue weighted by Gasteiger charge is -2.10. The van der Waals surface area contributed by atoms with Crippen LogP contribution in [0.3, 0.4) is 0 Å². The minimum absolute atomic E-state index is 0.288. The molecule has 0 aliphatic heterocycles. The van der Waals surface area contributed by atoms with Crippen molar-refractivity contribution in [2.24, 2.45) is 0 Å². The summed E-state index contributed by atoms with van der Waals surface area (Å²) in [6, 6.07) is 10.7. The van der Waals surface area contributed by atoms with E-state index in [-0.39, 0.29) is 11.6 Å². The first-order valence-electron chi connectivity index (χ1n) is 6.32. The van der Waals surface area contributed by atoms with Crippen LogP contribution in [0.1, 0.15) is 16.1 Å². The van der Waals surface area contributed by atoms with E-state index in [0.717, 1.165) is 5.69 Å². The number of halogens is 1. The third-order valence-corrected chi connectivity index (χ3v) is 3.14. The summed E-state index contributed by atoms with van der Waals surface area (Å²) in [5.41, 5.74) is 1.32. The maximum atomic E-state index is 12.3. The van der Waals surface area contributed by atoms with Gasteiger partial charge in [0.15, 0.2) is 0 Å². The molecule has 0 atom stereocenters. The Balaban J connectivity index is 2.38. The molecule has 5 nitrogen and oxygen atoms in total. The molecular weight excluding hydrogens is 290 g/mol. The van der Waals surface area contributed by atoms with Crippen LogP contribution in [0.5, 0.6) is 0 Å². The number of aromatic nitrogens is 1. The van der Waals surface area contributed by atoms with Crippen molar-refractivity contribution < 1.29 is 9.53 Å². The fourth-order valence-electron chi connectivity index (χ4n) is 1.95. The predicted molar refractivity (Wildman–Crippen MR) is 79.7 cm³/mol. The fraction of sp³-hybridized carbons (Fsp3) is 0.200. The second-order valence-electron chi connectivity index (χ2n) is 4.29. The maximum absolute atomic E-state index is 12.3. The van der Waals surface area contributed by atoms with Crippen molar-refractivity contribution in [2.75, 3.05) is 20.3 Å². The molecule has 1 heterocycles. The van der Waals surface area contributed by atoms with Crippen LogP contribution in [-0.4, -0.2) is 30.7 Å².